The van der Waals surface area contributed by atoms with Gasteiger partial charge in [0.05, 0.1) is 25.0 Å². The van der Waals surface area contributed by atoms with Crippen LogP contribution in [-0.4, -0.2) is 63.0 Å². The van der Waals surface area contributed by atoms with Crippen LogP contribution in [0.15, 0.2) is 46.0 Å². The van der Waals surface area contributed by atoms with E-state index < -0.39 is 0 Å². The molecule has 0 spiro atoms. The number of likely N-dealkylation sites (N-methyl/N-ethyl adjacent to an activating group) is 1. The minimum atomic E-state index is -0.0248. The van der Waals surface area contributed by atoms with Crippen molar-refractivity contribution in [1.82, 2.24) is 20.5 Å². The number of halogens is 1. The van der Waals surface area contributed by atoms with Gasteiger partial charge in [-0.15, -0.1) is 24.0 Å². The molecule has 9 heteroatoms. The molecule has 2 N–H and O–H groups in total. The highest BCUT2D eigenvalue weighted by Crippen LogP contribution is 2.08. The van der Waals surface area contributed by atoms with Crippen molar-refractivity contribution in [3.63, 3.8) is 0 Å². The second-order valence-electron chi connectivity index (χ2n) is 6.44. The first kappa shape index (κ1) is 23.7. The molecule has 28 heavy (non-hydrogen) atoms. The third-order valence-corrected chi connectivity index (χ3v) is 3.80. The van der Waals surface area contributed by atoms with E-state index in [1.54, 1.807) is 20.4 Å². The molecule has 0 unspecified atom stereocenters. The molecule has 0 radical (unpaired) electrons. The number of pyridine rings is 1. The predicted octanol–water partition coefficient (Wildman–Crippen LogP) is 1.72. The SMILES string of the molecule is CN(C)C(=O)CNC(=NCc1cccc(N(C)C)n1)NCCc1ccco1.I. The number of aromatic nitrogens is 1. The van der Waals surface area contributed by atoms with Gasteiger partial charge in [-0.2, -0.15) is 0 Å². The van der Waals surface area contributed by atoms with Crippen LogP contribution < -0.4 is 15.5 Å². The number of nitrogens with one attached hydrogen (secondary N) is 2. The zero-order valence-electron chi connectivity index (χ0n) is 16.8. The number of anilines is 1. The molecule has 0 aliphatic heterocycles. The van der Waals surface area contributed by atoms with E-state index in [4.69, 9.17) is 4.42 Å². The molecule has 2 aromatic rings. The first-order valence-corrected chi connectivity index (χ1v) is 8.83. The number of aliphatic imine (C=N–C) groups is 1. The summed E-state index contributed by atoms with van der Waals surface area (Å²) < 4.78 is 5.33. The summed E-state index contributed by atoms with van der Waals surface area (Å²) in [4.78, 5) is 24.5. The number of amides is 1. The maximum absolute atomic E-state index is 11.8. The molecule has 0 bridgehead atoms. The van der Waals surface area contributed by atoms with Gasteiger partial charge in [0.1, 0.15) is 11.6 Å². The largest absolute Gasteiger partial charge is 0.469 e. The number of guanidine groups is 1. The van der Waals surface area contributed by atoms with E-state index in [1.807, 2.05) is 49.3 Å². The fourth-order valence-electron chi connectivity index (χ4n) is 2.21. The van der Waals surface area contributed by atoms with E-state index in [2.05, 4.69) is 20.6 Å². The van der Waals surface area contributed by atoms with Gasteiger partial charge in [0.2, 0.25) is 5.91 Å². The standard InChI is InChI=1S/C19H28N6O2.HI/c1-24(2)17-9-5-7-15(23-17)13-21-19(22-14-18(26)25(3)4)20-11-10-16-8-6-12-27-16;/h5-9,12H,10-11,13-14H2,1-4H3,(H2,20,21,22);1H. The van der Waals surface area contributed by atoms with Gasteiger partial charge >= 0.3 is 0 Å². The Morgan fingerprint density at radius 3 is 2.57 bits per heavy atom. The second kappa shape index (κ2) is 12.2. The molecule has 0 saturated heterocycles. The van der Waals surface area contributed by atoms with Gasteiger partial charge in [-0.25, -0.2) is 9.98 Å². The van der Waals surface area contributed by atoms with Crippen LogP contribution in [-0.2, 0) is 17.8 Å². The normalized spacial score (nSPS) is 10.8. The summed E-state index contributed by atoms with van der Waals surface area (Å²) in [6, 6.07) is 9.63. The summed E-state index contributed by atoms with van der Waals surface area (Å²) in [5.74, 6) is 2.31. The van der Waals surface area contributed by atoms with Crippen molar-refractivity contribution in [3.05, 3.63) is 48.0 Å². The van der Waals surface area contributed by atoms with E-state index in [9.17, 15) is 4.79 Å². The third-order valence-electron chi connectivity index (χ3n) is 3.80. The number of furan rings is 1. The Kier molecular flexibility index (Phi) is 10.4. The summed E-state index contributed by atoms with van der Waals surface area (Å²) in [7, 11) is 7.35. The summed E-state index contributed by atoms with van der Waals surface area (Å²) in [6.45, 7) is 1.22. The lowest BCUT2D eigenvalue weighted by atomic mass is 10.3. The molecule has 0 aromatic carbocycles. The number of rotatable bonds is 8. The zero-order valence-corrected chi connectivity index (χ0v) is 19.1. The van der Waals surface area contributed by atoms with Crippen LogP contribution >= 0.6 is 24.0 Å². The van der Waals surface area contributed by atoms with Gasteiger partial charge in [-0.05, 0) is 24.3 Å². The van der Waals surface area contributed by atoms with Crippen LogP contribution in [0.2, 0.25) is 0 Å². The molecule has 0 atom stereocenters. The van der Waals surface area contributed by atoms with Gasteiger partial charge in [0, 0.05) is 41.2 Å². The first-order chi connectivity index (χ1) is 13.0. The molecule has 0 aliphatic carbocycles. The minimum absolute atomic E-state index is 0. The second-order valence-corrected chi connectivity index (χ2v) is 6.44. The van der Waals surface area contributed by atoms with Crippen LogP contribution in [0.4, 0.5) is 5.82 Å². The van der Waals surface area contributed by atoms with E-state index in [-0.39, 0.29) is 36.4 Å². The Morgan fingerprint density at radius 2 is 1.93 bits per heavy atom. The van der Waals surface area contributed by atoms with Crippen molar-refractivity contribution in [2.45, 2.75) is 13.0 Å². The Bertz CT molecular complexity index is 747. The average molecular weight is 500 g/mol. The van der Waals surface area contributed by atoms with Crippen LogP contribution in [0.1, 0.15) is 11.5 Å². The molecular weight excluding hydrogens is 471 g/mol. The summed E-state index contributed by atoms with van der Waals surface area (Å²) >= 11 is 0. The van der Waals surface area contributed by atoms with Crippen LogP contribution in [0, 0.1) is 0 Å². The van der Waals surface area contributed by atoms with Gasteiger partial charge in [-0.1, -0.05) is 6.07 Å². The van der Waals surface area contributed by atoms with Gasteiger partial charge < -0.3 is 24.9 Å². The first-order valence-electron chi connectivity index (χ1n) is 8.83. The van der Waals surface area contributed by atoms with Crippen molar-refractivity contribution < 1.29 is 9.21 Å². The Balaban J connectivity index is 0.00000392. The molecule has 0 fully saturated rings. The Hall–Kier alpha value is -2.30. The van der Waals surface area contributed by atoms with Gasteiger partial charge in [0.25, 0.3) is 0 Å². The van der Waals surface area contributed by atoms with Gasteiger partial charge in [-0.3, -0.25) is 4.79 Å². The summed E-state index contributed by atoms with van der Waals surface area (Å²) in [5.41, 5.74) is 0.854. The molecule has 154 valence electrons. The number of nitrogens with zero attached hydrogens (tertiary/aromatic N) is 4. The lowest BCUT2D eigenvalue weighted by Gasteiger charge is -2.15. The third kappa shape index (κ3) is 8.15. The number of carbonyl (C=O) groups is 1. The molecule has 2 rings (SSSR count). The zero-order chi connectivity index (χ0) is 19.6. The molecule has 0 saturated carbocycles. The molecule has 2 heterocycles. The fourth-order valence-corrected chi connectivity index (χ4v) is 2.21. The van der Waals surface area contributed by atoms with Crippen molar-refractivity contribution in [2.75, 3.05) is 46.2 Å². The Morgan fingerprint density at radius 1 is 1.14 bits per heavy atom. The van der Waals surface area contributed by atoms with Crippen molar-refractivity contribution in [1.29, 1.82) is 0 Å². The van der Waals surface area contributed by atoms with Crippen LogP contribution in [0.5, 0.6) is 0 Å². The number of hydrogen-bond acceptors (Lipinski definition) is 5. The highest BCUT2D eigenvalue weighted by atomic mass is 127. The lowest BCUT2D eigenvalue weighted by Crippen LogP contribution is -2.43. The molecular formula is C19H29IN6O2. The molecule has 2 aromatic heterocycles. The van der Waals surface area contributed by atoms with E-state index in [1.165, 1.54) is 4.90 Å². The van der Waals surface area contributed by atoms with Crippen LogP contribution in [0.3, 0.4) is 0 Å². The summed E-state index contributed by atoms with van der Waals surface area (Å²) in [6.07, 6.45) is 2.38. The van der Waals surface area contributed by atoms with E-state index in [0.29, 0.717) is 19.0 Å². The highest BCUT2D eigenvalue weighted by Gasteiger charge is 2.07. The Labute approximate surface area is 183 Å². The van der Waals surface area contributed by atoms with E-state index >= 15 is 0 Å². The summed E-state index contributed by atoms with van der Waals surface area (Å²) in [5, 5.41) is 6.30. The molecule has 1 amide bonds. The van der Waals surface area contributed by atoms with Crippen molar-refractivity contribution in [3.8, 4) is 0 Å². The monoisotopic (exact) mass is 500 g/mol. The van der Waals surface area contributed by atoms with E-state index in [0.717, 1.165) is 23.7 Å². The van der Waals surface area contributed by atoms with Crippen molar-refractivity contribution >= 4 is 41.7 Å². The van der Waals surface area contributed by atoms with Crippen LogP contribution in [0.25, 0.3) is 0 Å². The maximum atomic E-state index is 11.8. The highest BCUT2D eigenvalue weighted by molar-refractivity contribution is 14.0. The lowest BCUT2D eigenvalue weighted by molar-refractivity contribution is -0.127. The quantitative estimate of drug-likeness (QED) is 0.326. The minimum Gasteiger partial charge on any atom is -0.469 e. The van der Waals surface area contributed by atoms with Crippen molar-refractivity contribution in [2.24, 2.45) is 4.99 Å². The maximum Gasteiger partial charge on any atom is 0.241 e. The smallest absolute Gasteiger partial charge is 0.241 e. The topological polar surface area (TPSA) is 86.0 Å². The molecule has 0 aliphatic rings. The number of carbonyl (C=O) groups excluding carboxylic acids is 1. The number of hydrogen-bond donors (Lipinski definition) is 2. The van der Waals surface area contributed by atoms with Gasteiger partial charge in [0.15, 0.2) is 5.96 Å². The fraction of sp³-hybridized carbons (Fsp3) is 0.421. The average Bonchev–Trinajstić information content (AvgIpc) is 3.16. The predicted molar refractivity (Wildman–Crippen MR) is 122 cm³/mol. The molecule has 8 nitrogen and oxygen atoms in total.